The maximum atomic E-state index is 12.5. The van der Waals surface area contributed by atoms with Gasteiger partial charge >= 0.3 is 0 Å². The molecule has 0 spiro atoms. The van der Waals surface area contributed by atoms with Crippen molar-refractivity contribution in [1.29, 1.82) is 0 Å². The van der Waals surface area contributed by atoms with Gasteiger partial charge in [-0.3, -0.25) is 9.59 Å². The van der Waals surface area contributed by atoms with Crippen molar-refractivity contribution < 1.29 is 4.79 Å². The number of nitrogens with one attached hydrogen (secondary N) is 2. The van der Waals surface area contributed by atoms with Crippen molar-refractivity contribution in [3.8, 4) is 11.1 Å². The van der Waals surface area contributed by atoms with Crippen LogP contribution < -0.4 is 10.9 Å². The smallest absolute Gasteiger partial charge is 0.251 e. The van der Waals surface area contributed by atoms with E-state index in [1.165, 1.54) is 0 Å². The molecule has 4 aromatic rings. The number of carbonyl (C=O) groups is 1. The van der Waals surface area contributed by atoms with Gasteiger partial charge in [-0.15, -0.1) is 0 Å². The normalized spacial score (nSPS) is 10.9. The number of anilines is 1. The molecular weight excluding hydrogens is 372 g/mol. The van der Waals surface area contributed by atoms with E-state index >= 15 is 0 Å². The van der Waals surface area contributed by atoms with Gasteiger partial charge in [-0.2, -0.15) is 0 Å². The van der Waals surface area contributed by atoms with E-state index in [0.29, 0.717) is 12.1 Å². The molecule has 3 aromatic carbocycles. The van der Waals surface area contributed by atoms with Gasteiger partial charge in [0.05, 0.1) is 11.9 Å². The first-order valence-electron chi connectivity index (χ1n) is 10.1. The predicted octanol–water partition coefficient (Wildman–Crippen LogP) is 5.25. The molecule has 0 fully saturated rings. The summed E-state index contributed by atoms with van der Waals surface area (Å²) in [6.45, 7) is 3.94. The Kier molecular flexibility index (Phi) is 5.48. The Morgan fingerprint density at radius 3 is 2.33 bits per heavy atom. The highest BCUT2D eigenvalue weighted by atomic mass is 16.1. The SMILES string of the molecule is CCc1c(C)c2ccc(NC(=O)Cc3ccc(-c4ccccc4)cc3)cc2[nH]c1=O. The van der Waals surface area contributed by atoms with Crippen LogP contribution in [0, 0.1) is 6.92 Å². The first kappa shape index (κ1) is 19.6. The molecule has 0 bridgehead atoms. The van der Waals surface area contributed by atoms with Gasteiger partial charge in [0.1, 0.15) is 0 Å². The van der Waals surface area contributed by atoms with Crippen LogP contribution in [0.2, 0.25) is 0 Å². The Morgan fingerprint density at radius 2 is 1.63 bits per heavy atom. The highest BCUT2D eigenvalue weighted by Crippen LogP contribution is 2.22. The van der Waals surface area contributed by atoms with Gasteiger partial charge in [-0.05, 0) is 47.7 Å². The van der Waals surface area contributed by atoms with Crippen LogP contribution in [0.25, 0.3) is 22.0 Å². The minimum Gasteiger partial charge on any atom is -0.326 e. The number of aryl methyl sites for hydroxylation is 1. The summed E-state index contributed by atoms with van der Waals surface area (Å²) in [7, 11) is 0. The molecule has 0 aliphatic rings. The number of pyridine rings is 1. The fraction of sp³-hybridized carbons (Fsp3) is 0.154. The second kappa shape index (κ2) is 8.37. The average Bonchev–Trinajstić information content (AvgIpc) is 2.75. The van der Waals surface area contributed by atoms with Crippen molar-refractivity contribution in [2.75, 3.05) is 5.32 Å². The molecule has 0 aliphatic heterocycles. The van der Waals surface area contributed by atoms with Crippen molar-refractivity contribution in [3.63, 3.8) is 0 Å². The quantitative estimate of drug-likeness (QED) is 0.484. The molecule has 0 radical (unpaired) electrons. The lowest BCUT2D eigenvalue weighted by Crippen LogP contribution is -2.16. The Morgan fingerprint density at radius 1 is 0.933 bits per heavy atom. The van der Waals surface area contributed by atoms with Gasteiger partial charge < -0.3 is 10.3 Å². The second-order valence-corrected chi connectivity index (χ2v) is 7.46. The maximum absolute atomic E-state index is 12.5. The van der Waals surface area contributed by atoms with Gasteiger partial charge in [0.2, 0.25) is 5.91 Å². The molecule has 1 aromatic heterocycles. The van der Waals surface area contributed by atoms with E-state index < -0.39 is 0 Å². The molecule has 2 N–H and O–H groups in total. The third kappa shape index (κ3) is 4.03. The first-order valence-corrected chi connectivity index (χ1v) is 10.1. The van der Waals surface area contributed by atoms with Crippen LogP contribution in [-0.4, -0.2) is 10.9 Å². The van der Waals surface area contributed by atoms with E-state index in [9.17, 15) is 9.59 Å². The van der Waals surface area contributed by atoms with Gasteiger partial charge in [0.25, 0.3) is 5.56 Å². The van der Waals surface area contributed by atoms with E-state index in [1.807, 2.05) is 74.5 Å². The van der Waals surface area contributed by atoms with Gasteiger partial charge in [-0.25, -0.2) is 0 Å². The number of benzene rings is 3. The summed E-state index contributed by atoms with van der Waals surface area (Å²) in [6, 6.07) is 23.8. The van der Waals surface area contributed by atoms with E-state index in [4.69, 9.17) is 0 Å². The summed E-state index contributed by atoms with van der Waals surface area (Å²) in [6.07, 6.45) is 0.982. The van der Waals surface area contributed by atoms with Crippen LogP contribution in [0.3, 0.4) is 0 Å². The third-order valence-electron chi connectivity index (χ3n) is 5.46. The number of rotatable bonds is 5. The number of carbonyl (C=O) groups excluding carboxylic acids is 1. The Bertz CT molecular complexity index is 1260. The number of fused-ring (bicyclic) bond motifs is 1. The van der Waals surface area contributed by atoms with E-state index in [1.54, 1.807) is 0 Å². The molecule has 1 heterocycles. The van der Waals surface area contributed by atoms with Crippen LogP contribution in [0.4, 0.5) is 5.69 Å². The van der Waals surface area contributed by atoms with Crippen molar-refractivity contribution in [1.82, 2.24) is 4.98 Å². The van der Waals surface area contributed by atoms with Crippen molar-refractivity contribution in [2.24, 2.45) is 0 Å². The van der Waals surface area contributed by atoms with Crippen LogP contribution in [0.15, 0.2) is 77.6 Å². The van der Waals surface area contributed by atoms with Crippen LogP contribution in [0.5, 0.6) is 0 Å². The van der Waals surface area contributed by atoms with Crippen LogP contribution in [-0.2, 0) is 17.6 Å². The van der Waals surface area contributed by atoms with Gasteiger partial charge in [-0.1, -0.05) is 67.6 Å². The lowest BCUT2D eigenvalue weighted by molar-refractivity contribution is -0.115. The zero-order valence-electron chi connectivity index (χ0n) is 17.2. The minimum atomic E-state index is -0.0916. The van der Waals surface area contributed by atoms with Gasteiger partial charge in [0.15, 0.2) is 0 Å². The van der Waals surface area contributed by atoms with Gasteiger partial charge in [0, 0.05) is 16.6 Å². The molecule has 4 nitrogen and oxygen atoms in total. The Balaban J connectivity index is 1.48. The fourth-order valence-electron chi connectivity index (χ4n) is 3.84. The van der Waals surface area contributed by atoms with Crippen molar-refractivity contribution >= 4 is 22.5 Å². The lowest BCUT2D eigenvalue weighted by atomic mass is 10.0. The molecule has 1 amide bonds. The highest BCUT2D eigenvalue weighted by Gasteiger charge is 2.10. The molecule has 30 heavy (non-hydrogen) atoms. The molecule has 4 rings (SSSR count). The summed E-state index contributed by atoms with van der Waals surface area (Å²) in [5.74, 6) is -0.0916. The largest absolute Gasteiger partial charge is 0.326 e. The molecule has 0 atom stereocenters. The van der Waals surface area contributed by atoms with Crippen molar-refractivity contribution in [3.05, 3.63) is 99.8 Å². The summed E-state index contributed by atoms with van der Waals surface area (Å²) < 4.78 is 0. The Labute approximate surface area is 175 Å². The summed E-state index contributed by atoms with van der Waals surface area (Å²) >= 11 is 0. The summed E-state index contributed by atoms with van der Waals surface area (Å²) in [5.41, 5.74) is 6.37. The number of hydrogen-bond acceptors (Lipinski definition) is 2. The number of aromatic nitrogens is 1. The predicted molar refractivity (Wildman–Crippen MR) is 123 cm³/mol. The van der Waals surface area contributed by atoms with E-state index in [2.05, 4.69) is 22.4 Å². The molecule has 0 saturated carbocycles. The van der Waals surface area contributed by atoms with E-state index in [0.717, 1.165) is 38.7 Å². The number of hydrogen-bond donors (Lipinski definition) is 2. The number of amides is 1. The third-order valence-corrected chi connectivity index (χ3v) is 5.46. The van der Waals surface area contributed by atoms with E-state index in [-0.39, 0.29) is 17.9 Å². The monoisotopic (exact) mass is 396 g/mol. The summed E-state index contributed by atoms with van der Waals surface area (Å²) in [5, 5.41) is 3.94. The molecular formula is C26H24N2O2. The standard InChI is InChI=1S/C26H24N2O2/c1-3-22-17(2)23-14-13-21(16-24(23)28-26(22)30)27-25(29)15-18-9-11-20(12-10-18)19-7-5-4-6-8-19/h4-14,16H,3,15H2,1-2H3,(H,27,29)(H,28,30). The number of H-pyrrole nitrogens is 1. The average molecular weight is 396 g/mol. The molecule has 150 valence electrons. The molecule has 4 heteroatoms. The number of aromatic amines is 1. The maximum Gasteiger partial charge on any atom is 0.251 e. The zero-order valence-corrected chi connectivity index (χ0v) is 17.2. The molecule has 0 aliphatic carbocycles. The highest BCUT2D eigenvalue weighted by molar-refractivity contribution is 5.95. The Hall–Kier alpha value is -3.66. The van der Waals surface area contributed by atoms with Crippen LogP contribution in [0.1, 0.15) is 23.6 Å². The summed E-state index contributed by atoms with van der Waals surface area (Å²) in [4.78, 5) is 27.7. The lowest BCUT2D eigenvalue weighted by Gasteiger charge is -2.10. The minimum absolute atomic E-state index is 0.0653. The van der Waals surface area contributed by atoms with Crippen molar-refractivity contribution in [2.45, 2.75) is 26.7 Å². The second-order valence-electron chi connectivity index (χ2n) is 7.46. The zero-order chi connectivity index (χ0) is 21.1. The first-order chi connectivity index (χ1) is 14.5. The topological polar surface area (TPSA) is 62.0 Å². The van der Waals surface area contributed by atoms with Crippen LogP contribution >= 0.6 is 0 Å². The molecule has 0 saturated heterocycles. The fourth-order valence-corrected chi connectivity index (χ4v) is 3.84. The molecule has 0 unspecified atom stereocenters.